The molecule has 2 bridgehead atoms. The fourth-order valence-corrected chi connectivity index (χ4v) is 6.70. The normalized spacial score (nSPS) is 35.3. The number of carbonyl (C=O) groups is 2. The van der Waals surface area contributed by atoms with E-state index in [1.165, 1.54) is 42.3 Å². The number of piperidine rings is 1. The Morgan fingerprint density at radius 2 is 1.97 bits per heavy atom. The van der Waals surface area contributed by atoms with Gasteiger partial charge in [0.1, 0.15) is 11.2 Å². The number of likely N-dealkylation sites (tertiary alicyclic amines) is 1. The van der Waals surface area contributed by atoms with E-state index in [-0.39, 0.29) is 11.8 Å². The van der Waals surface area contributed by atoms with Gasteiger partial charge < -0.3 is 10.2 Å². The van der Waals surface area contributed by atoms with Crippen LogP contribution in [0.5, 0.6) is 0 Å². The first kappa shape index (κ1) is 21.0. The van der Waals surface area contributed by atoms with Crippen molar-refractivity contribution in [1.82, 2.24) is 10.2 Å². The van der Waals surface area contributed by atoms with Crippen molar-refractivity contribution >= 4 is 28.7 Å². The molecule has 162 valence electrons. The fraction of sp³-hybridized carbons (Fsp3) is 0.850. The zero-order valence-corrected chi connectivity index (χ0v) is 17.5. The van der Waals surface area contributed by atoms with Crippen LogP contribution in [0.1, 0.15) is 58.3 Å². The van der Waals surface area contributed by atoms with Crippen LogP contribution >= 0.6 is 11.8 Å². The molecule has 2 heterocycles. The predicted molar refractivity (Wildman–Crippen MR) is 105 cm³/mol. The molecule has 0 aromatic carbocycles. The largest absolute Gasteiger partial charge is 0.397 e. The van der Waals surface area contributed by atoms with Crippen molar-refractivity contribution in [2.45, 2.75) is 75.3 Å². The Hall–Kier alpha value is -1.25. The van der Waals surface area contributed by atoms with Gasteiger partial charge in [0.25, 0.3) is 5.91 Å². The Labute approximate surface area is 173 Å². The average molecular weight is 432 g/mol. The lowest BCUT2D eigenvalue weighted by molar-refractivity contribution is -0.162. The molecule has 0 aromatic heterocycles. The summed E-state index contributed by atoms with van der Waals surface area (Å²) in [4.78, 5) is 29.9. The Balaban J connectivity index is 1.26. The predicted octanol–water partition coefficient (Wildman–Crippen LogP) is 3.73. The topological polar surface area (TPSA) is 61.8 Å². The summed E-state index contributed by atoms with van der Waals surface area (Å²) in [6.45, 7) is 2.57. The summed E-state index contributed by atoms with van der Waals surface area (Å²) in [6.07, 6.45) is 1.07. The maximum atomic E-state index is 12.6. The van der Waals surface area contributed by atoms with Crippen LogP contribution < -0.4 is 5.32 Å². The van der Waals surface area contributed by atoms with E-state index in [0.717, 1.165) is 11.1 Å². The van der Waals surface area contributed by atoms with Crippen LogP contribution in [-0.2, 0) is 9.59 Å². The Bertz CT molecular complexity index is 706. The van der Waals surface area contributed by atoms with Gasteiger partial charge in [-0.25, -0.2) is 0 Å². The molecule has 1 unspecified atom stereocenters. The third-order valence-electron chi connectivity index (χ3n) is 7.02. The Morgan fingerprint density at radius 3 is 2.55 bits per heavy atom. The zero-order valence-electron chi connectivity index (χ0n) is 16.6. The minimum Gasteiger partial charge on any atom is -0.361 e. The molecule has 3 fully saturated rings. The SMILES string of the molecule is CC1(CC2CCN(C(=O)CC(F)(F)F)CC2)SC(N[C@H]2C[C@@H]3CC[C@H]2C3)=NC1=O. The van der Waals surface area contributed by atoms with Gasteiger partial charge in [-0.2, -0.15) is 18.2 Å². The van der Waals surface area contributed by atoms with E-state index in [1.807, 2.05) is 6.92 Å². The van der Waals surface area contributed by atoms with Gasteiger partial charge in [0.05, 0.1) is 0 Å². The van der Waals surface area contributed by atoms with Crippen LogP contribution in [0.15, 0.2) is 4.99 Å². The van der Waals surface area contributed by atoms with E-state index in [0.29, 0.717) is 44.3 Å². The van der Waals surface area contributed by atoms with E-state index >= 15 is 0 Å². The highest BCUT2D eigenvalue weighted by Gasteiger charge is 2.46. The average Bonchev–Trinajstić information content (AvgIpc) is 3.30. The molecule has 0 radical (unpaired) electrons. The lowest BCUT2D eigenvalue weighted by Crippen LogP contribution is -2.42. The molecule has 2 aliphatic carbocycles. The molecule has 4 rings (SSSR count). The number of rotatable bonds is 4. The molecule has 0 aromatic rings. The summed E-state index contributed by atoms with van der Waals surface area (Å²) in [7, 11) is 0. The third kappa shape index (κ3) is 4.75. The van der Waals surface area contributed by atoms with Crippen molar-refractivity contribution in [2.75, 3.05) is 13.1 Å². The van der Waals surface area contributed by atoms with E-state index in [9.17, 15) is 22.8 Å². The molecule has 4 atom stereocenters. The first-order chi connectivity index (χ1) is 13.6. The van der Waals surface area contributed by atoms with E-state index in [4.69, 9.17) is 0 Å². The first-order valence-electron chi connectivity index (χ1n) is 10.5. The van der Waals surface area contributed by atoms with Crippen LogP contribution in [0, 0.1) is 17.8 Å². The molecule has 1 N–H and O–H groups in total. The van der Waals surface area contributed by atoms with Crippen molar-refractivity contribution in [1.29, 1.82) is 0 Å². The highest BCUT2D eigenvalue weighted by atomic mass is 32.2. The molecular formula is C20H28F3N3O2S. The number of carbonyl (C=O) groups excluding carboxylic acids is 2. The van der Waals surface area contributed by atoms with Gasteiger partial charge in [0, 0.05) is 19.1 Å². The molecule has 5 nitrogen and oxygen atoms in total. The minimum atomic E-state index is -4.46. The van der Waals surface area contributed by atoms with Gasteiger partial charge in [-0.15, -0.1) is 0 Å². The van der Waals surface area contributed by atoms with Gasteiger partial charge in [0.15, 0.2) is 5.17 Å². The van der Waals surface area contributed by atoms with Gasteiger partial charge in [-0.1, -0.05) is 18.2 Å². The van der Waals surface area contributed by atoms with Gasteiger partial charge in [0.2, 0.25) is 5.91 Å². The van der Waals surface area contributed by atoms with Crippen LogP contribution in [0.2, 0.25) is 0 Å². The fourth-order valence-electron chi connectivity index (χ4n) is 5.48. The summed E-state index contributed by atoms with van der Waals surface area (Å²) in [5, 5.41) is 4.24. The van der Waals surface area contributed by atoms with E-state index in [2.05, 4.69) is 10.3 Å². The summed E-state index contributed by atoms with van der Waals surface area (Å²) >= 11 is 1.50. The number of alkyl halides is 3. The van der Waals surface area contributed by atoms with Crippen molar-refractivity contribution < 1.29 is 22.8 Å². The Kier molecular flexibility index (Phi) is 5.63. The standard InChI is InChI=1S/C20H28F3N3O2S/c1-19(10-12-4-6-26(7-5-12)16(27)11-20(21,22)23)17(28)25-18(29-19)24-15-9-13-2-3-14(15)8-13/h12-15H,2-11H2,1H3,(H,24,25,28)/t13-,14+,15+,19?/m1/s1. The summed E-state index contributed by atoms with van der Waals surface area (Å²) < 4.78 is 36.7. The van der Waals surface area contributed by atoms with Crippen LogP contribution in [-0.4, -0.2) is 51.9 Å². The van der Waals surface area contributed by atoms with E-state index in [1.54, 1.807) is 0 Å². The number of nitrogens with one attached hydrogen (secondary N) is 1. The Morgan fingerprint density at radius 1 is 1.24 bits per heavy atom. The molecule has 0 spiro atoms. The highest BCUT2D eigenvalue weighted by molar-refractivity contribution is 8.16. The second-order valence-corrected chi connectivity index (χ2v) is 10.8. The maximum absolute atomic E-state index is 12.6. The minimum absolute atomic E-state index is 0.122. The van der Waals surface area contributed by atoms with E-state index < -0.39 is 23.3 Å². The van der Waals surface area contributed by atoms with Gasteiger partial charge >= 0.3 is 6.18 Å². The molecular weight excluding hydrogens is 403 g/mol. The number of hydrogen-bond acceptors (Lipinski definition) is 4. The third-order valence-corrected chi connectivity index (χ3v) is 8.22. The molecule has 2 saturated carbocycles. The molecule has 29 heavy (non-hydrogen) atoms. The van der Waals surface area contributed by atoms with Gasteiger partial charge in [-0.3, -0.25) is 9.59 Å². The zero-order chi connectivity index (χ0) is 20.8. The van der Waals surface area contributed by atoms with Crippen LogP contribution in [0.4, 0.5) is 13.2 Å². The number of amidine groups is 1. The maximum Gasteiger partial charge on any atom is 0.397 e. The number of hydrogen-bond donors (Lipinski definition) is 1. The van der Waals surface area contributed by atoms with Crippen molar-refractivity contribution in [3.05, 3.63) is 0 Å². The second kappa shape index (κ2) is 7.78. The lowest BCUT2D eigenvalue weighted by Gasteiger charge is -2.35. The summed E-state index contributed by atoms with van der Waals surface area (Å²) in [6, 6.07) is 0.429. The monoisotopic (exact) mass is 431 g/mol. The quantitative estimate of drug-likeness (QED) is 0.737. The van der Waals surface area contributed by atoms with Crippen LogP contribution in [0.25, 0.3) is 0 Å². The molecule has 2 aliphatic heterocycles. The van der Waals surface area contributed by atoms with Crippen molar-refractivity contribution in [3.63, 3.8) is 0 Å². The number of fused-ring (bicyclic) bond motifs is 2. The number of halogens is 3. The summed E-state index contributed by atoms with van der Waals surface area (Å²) in [5.74, 6) is 0.752. The lowest BCUT2D eigenvalue weighted by atomic mass is 9.87. The van der Waals surface area contributed by atoms with Crippen molar-refractivity contribution in [2.24, 2.45) is 22.7 Å². The number of thioether (sulfide) groups is 1. The first-order valence-corrected chi connectivity index (χ1v) is 11.4. The molecule has 2 amide bonds. The smallest absolute Gasteiger partial charge is 0.361 e. The highest BCUT2D eigenvalue weighted by Crippen LogP contribution is 2.46. The summed E-state index contributed by atoms with van der Waals surface area (Å²) in [5.41, 5.74) is 0. The number of nitrogens with zero attached hydrogens (tertiary/aromatic N) is 2. The van der Waals surface area contributed by atoms with Gasteiger partial charge in [-0.05, 0) is 63.2 Å². The molecule has 9 heteroatoms. The number of amides is 2. The molecule has 4 aliphatic rings. The van der Waals surface area contributed by atoms with Crippen LogP contribution in [0.3, 0.4) is 0 Å². The van der Waals surface area contributed by atoms with Crippen molar-refractivity contribution in [3.8, 4) is 0 Å². The molecule has 1 saturated heterocycles. The second-order valence-electron chi connectivity index (χ2n) is 9.30. The number of aliphatic imine (C=N–C) groups is 1.